The molecule has 0 aliphatic carbocycles. The van der Waals surface area contributed by atoms with Crippen LogP contribution < -0.4 is 21.7 Å². The Morgan fingerprint density at radius 3 is 2.29 bits per heavy atom. The van der Waals surface area contributed by atoms with Crippen molar-refractivity contribution < 1.29 is 34.5 Å². The molecule has 34 heavy (non-hydrogen) atoms. The third-order valence-corrected chi connectivity index (χ3v) is 5.52. The van der Waals surface area contributed by atoms with Crippen LogP contribution in [0.1, 0.15) is 12.5 Å². The maximum absolute atomic E-state index is 12.6. The van der Waals surface area contributed by atoms with Gasteiger partial charge in [-0.3, -0.25) is 14.4 Å². The van der Waals surface area contributed by atoms with Crippen molar-refractivity contribution in [3.05, 3.63) is 36.0 Å². The lowest BCUT2D eigenvalue weighted by molar-refractivity contribution is -0.142. The van der Waals surface area contributed by atoms with Crippen LogP contribution in [0.15, 0.2) is 30.5 Å². The predicted molar refractivity (Wildman–Crippen MR) is 126 cm³/mol. The monoisotopic (exact) mass is 495 g/mol. The van der Waals surface area contributed by atoms with Crippen LogP contribution in [0.2, 0.25) is 0 Å². The van der Waals surface area contributed by atoms with Crippen molar-refractivity contribution in [3.8, 4) is 0 Å². The number of aliphatic hydroxyl groups excluding tert-OH is 2. The van der Waals surface area contributed by atoms with Gasteiger partial charge >= 0.3 is 5.97 Å². The van der Waals surface area contributed by atoms with E-state index >= 15 is 0 Å². The number of carboxylic acids is 1. The summed E-state index contributed by atoms with van der Waals surface area (Å²) in [5, 5.41) is 36.7. The number of aromatic nitrogens is 1. The zero-order chi connectivity index (χ0) is 25.4. The SMILES string of the molecule is CC(O)C(NC(=O)C(N)CS)C(=O)NC(CO)C(=O)NC(Cc1c[nH]c2ccccc12)C(=O)O. The van der Waals surface area contributed by atoms with Gasteiger partial charge in [-0.05, 0) is 18.6 Å². The Balaban J connectivity index is 2.09. The quantitative estimate of drug-likeness (QED) is 0.148. The molecule has 12 nitrogen and oxygen atoms in total. The van der Waals surface area contributed by atoms with Gasteiger partial charge in [0.25, 0.3) is 0 Å². The van der Waals surface area contributed by atoms with E-state index in [-0.39, 0.29) is 12.2 Å². The molecule has 0 radical (unpaired) electrons. The van der Waals surface area contributed by atoms with Crippen molar-refractivity contribution >= 4 is 47.2 Å². The standard InChI is InChI=1S/C21H29N5O7S/c1-10(28)17(26-18(29)13(22)9-34)20(31)25-16(8-27)19(30)24-15(21(32)33)6-11-7-23-14-5-3-2-4-12(11)14/h2-5,7,10,13,15-17,23,27-28,34H,6,8-9,22H2,1H3,(H,24,30)(H,25,31)(H,26,29)(H,32,33). The van der Waals surface area contributed by atoms with Crippen molar-refractivity contribution in [1.29, 1.82) is 0 Å². The van der Waals surface area contributed by atoms with E-state index in [4.69, 9.17) is 5.73 Å². The molecule has 0 fully saturated rings. The summed E-state index contributed by atoms with van der Waals surface area (Å²) in [6.07, 6.45) is 0.237. The number of nitrogens with one attached hydrogen (secondary N) is 4. The third kappa shape index (κ3) is 6.93. The Kier molecular flexibility index (Phi) is 9.86. The molecule has 0 bridgehead atoms. The van der Waals surface area contributed by atoms with Crippen LogP contribution in [-0.4, -0.2) is 86.6 Å². The van der Waals surface area contributed by atoms with E-state index in [2.05, 4.69) is 33.6 Å². The molecule has 5 atom stereocenters. The van der Waals surface area contributed by atoms with Crippen LogP contribution in [0.5, 0.6) is 0 Å². The largest absolute Gasteiger partial charge is 0.480 e. The summed E-state index contributed by atoms with van der Waals surface area (Å²) >= 11 is 3.89. The van der Waals surface area contributed by atoms with Crippen molar-refractivity contribution in [1.82, 2.24) is 20.9 Å². The summed E-state index contributed by atoms with van der Waals surface area (Å²) in [7, 11) is 0. The molecule has 186 valence electrons. The molecule has 3 amide bonds. The lowest BCUT2D eigenvalue weighted by Crippen LogP contribution is -2.60. The van der Waals surface area contributed by atoms with Crippen molar-refractivity contribution in [2.24, 2.45) is 5.73 Å². The van der Waals surface area contributed by atoms with Crippen molar-refractivity contribution in [2.45, 2.75) is 43.6 Å². The van der Waals surface area contributed by atoms with Crippen LogP contribution in [0.25, 0.3) is 10.9 Å². The average Bonchev–Trinajstić information content (AvgIpc) is 3.21. The van der Waals surface area contributed by atoms with E-state index in [0.717, 1.165) is 10.9 Å². The number of aliphatic hydroxyl groups is 2. The van der Waals surface area contributed by atoms with E-state index in [0.29, 0.717) is 5.56 Å². The van der Waals surface area contributed by atoms with Crippen LogP contribution in [-0.2, 0) is 25.6 Å². The fraction of sp³-hybridized carbons (Fsp3) is 0.429. The summed E-state index contributed by atoms with van der Waals surface area (Å²) in [6, 6.07) is 1.87. The van der Waals surface area contributed by atoms with Crippen LogP contribution in [0.3, 0.4) is 0 Å². The number of aliphatic carboxylic acids is 1. The molecule has 0 aliphatic rings. The minimum Gasteiger partial charge on any atom is -0.480 e. The Morgan fingerprint density at radius 2 is 1.71 bits per heavy atom. The third-order valence-electron chi connectivity index (χ3n) is 5.13. The first kappa shape index (κ1) is 27.1. The highest BCUT2D eigenvalue weighted by Gasteiger charge is 2.32. The Bertz CT molecular complexity index is 1030. The number of aromatic amines is 1. The number of carboxylic acid groups (broad SMARTS) is 1. The normalized spacial score (nSPS) is 15.6. The number of thiol groups is 1. The number of hydrogen-bond acceptors (Lipinski definition) is 8. The van der Waals surface area contributed by atoms with E-state index in [1.54, 1.807) is 12.3 Å². The molecule has 1 heterocycles. The fourth-order valence-corrected chi connectivity index (χ4v) is 3.36. The molecule has 0 spiro atoms. The molecular formula is C21H29N5O7S. The maximum Gasteiger partial charge on any atom is 0.326 e. The number of rotatable bonds is 12. The maximum atomic E-state index is 12.6. The van der Waals surface area contributed by atoms with Crippen molar-refractivity contribution in [2.75, 3.05) is 12.4 Å². The number of para-hydroxylation sites is 1. The second-order valence-corrected chi connectivity index (χ2v) is 8.09. The Labute approximate surface area is 200 Å². The molecule has 9 N–H and O–H groups in total. The average molecular weight is 496 g/mol. The lowest BCUT2D eigenvalue weighted by atomic mass is 10.0. The zero-order valence-electron chi connectivity index (χ0n) is 18.4. The highest BCUT2D eigenvalue weighted by molar-refractivity contribution is 7.80. The molecule has 0 aliphatic heterocycles. The van der Waals surface area contributed by atoms with Gasteiger partial charge in [-0.2, -0.15) is 12.6 Å². The second-order valence-electron chi connectivity index (χ2n) is 7.72. The first-order chi connectivity index (χ1) is 16.1. The number of nitrogens with two attached hydrogens (primary N) is 1. The van der Waals surface area contributed by atoms with Gasteiger partial charge in [0.15, 0.2) is 0 Å². The van der Waals surface area contributed by atoms with E-state index < -0.39 is 60.6 Å². The molecular weight excluding hydrogens is 466 g/mol. The van der Waals surface area contributed by atoms with E-state index in [9.17, 15) is 34.5 Å². The molecule has 1 aromatic carbocycles. The number of amides is 3. The lowest BCUT2D eigenvalue weighted by Gasteiger charge is -2.25. The second kappa shape index (κ2) is 12.4. The fourth-order valence-electron chi connectivity index (χ4n) is 3.20. The van der Waals surface area contributed by atoms with Crippen LogP contribution in [0, 0.1) is 0 Å². The van der Waals surface area contributed by atoms with Gasteiger partial charge in [0.05, 0.1) is 18.8 Å². The number of carbonyl (C=O) groups excluding carboxylic acids is 3. The predicted octanol–water partition coefficient (Wildman–Crippen LogP) is -2.12. The molecule has 5 unspecified atom stereocenters. The van der Waals surface area contributed by atoms with Gasteiger partial charge < -0.3 is 42.0 Å². The number of fused-ring (bicyclic) bond motifs is 1. The summed E-state index contributed by atoms with van der Waals surface area (Å²) in [4.78, 5) is 52.0. The van der Waals surface area contributed by atoms with Gasteiger partial charge in [-0.15, -0.1) is 0 Å². The number of benzene rings is 1. The first-order valence-electron chi connectivity index (χ1n) is 10.4. The molecule has 2 rings (SSSR count). The summed E-state index contributed by atoms with van der Waals surface area (Å²) in [6.45, 7) is 0.389. The zero-order valence-corrected chi connectivity index (χ0v) is 19.3. The smallest absolute Gasteiger partial charge is 0.326 e. The van der Waals surface area contributed by atoms with Crippen molar-refractivity contribution in [3.63, 3.8) is 0 Å². The van der Waals surface area contributed by atoms with Gasteiger partial charge in [-0.25, -0.2) is 4.79 Å². The first-order valence-corrected chi connectivity index (χ1v) is 11.1. The van der Waals surface area contributed by atoms with E-state index in [1.807, 2.05) is 18.2 Å². The minimum absolute atomic E-state index is 0.00530. The van der Waals surface area contributed by atoms with E-state index in [1.165, 1.54) is 6.92 Å². The number of H-pyrrole nitrogens is 1. The summed E-state index contributed by atoms with van der Waals surface area (Å²) in [5.74, 6) is -3.98. The Hall–Kier alpha value is -3.13. The highest BCUT2D eigenvalue weighted by atomic mass is 32.1. The minimum atomic E-state index is -1.53. The summed E-state index contributed by atoms with van der Waals surface area (Å²) in [5.41, 5.74) is 7.01. The molecule has 0 saturated carbocycles. The van der Waals surface area contributed by atoms with Gasteiger partial charge in [-0.1, -0.05) is 18.2 Å². The number of carbonyl (C=O) groups is 4. The topological polar surface area (TPSA) is 207 Å². The molecule has 13 heteroatoms. The van der Waals surface area contributed by atoms with Gasteiger partial charge in [0.2, 0.25) is 17.7 Å². The van der Waals surface area contributed by atoms with Gasteiger partial charge in [0.1, 0.15) is 18.1 Å². The highest BCUT2D eigenvalue weighted by Crippen LogP contribution is 2.19. The summed E-state index contributed by atoms with van der Waals surface area (Å²) < 4.78 is 0. The van der Waals surface area contributed by atoms with Crippen LogP contribution >= 0.6 is 12.6 Å². The molecule has 1 aromatic heterocycles. The molecule has 0 saturated heterocycles. The Morgan fingerprint density at radius 1 is 1.06 bits per heavy atom. The van der Waals surface area contributed by atoms with Gasteiger partial charge in [0, 0.05) is 29.3 Å². The molecule has 2 aromatic rings. The number of hydrogen-bond donors (Lipinski definition) is 9. The van der Waals surface area contributed by atoms with Crippen LogP contribution in [0.4, 0.5) is 0 Å².